The van der Waals surface area contributed by atoms with Gasteiger partial charge in [0.1, 0.15) is 0 Å². The summed E-state index contributed by atoms with van der Waals surface area (Å²) < 4.78 is 39.0. The highest BCUT2D eigenvalue weighted by atomic mass is 127. The van der Waals surface area contributed by atoms with Gasteiger partial charge in [0.05, 0.1) is 11.1 Å². The summed E-state index contributed by atoms with van der Waals surface area (Å²) in [6.07, 6.45) is -2.80. The largest absolute Gasteiger partial charge is 0.417 e. The third-order valence-corrected chi connectivity index (χ3v) is 3.09. The van der Waals surface area contributed by atoms with Crippen molar-refractivity contribution in [1.29, 1.82) is 0 Å². The molecule has 1 aromatic rings. The van der Waals surface area contributed by atoms with Crippen LogP contribution in [-0.2, 0) is 6.18 Å². The minimum absolute atomic E-state index is 0.320. The van der Waals surface area contributed by atoms with Crippen LogP contribution in [0.3, 0.4) is 0 Å². The van der Waals surface area contributed by atoms with Gasteiger partial charge in [-0.15, -0.1) is 0 Å². The van der Waals surface area contributed by atoms with E-state index in [4.69, 9.17) is 0 Å². The van der Waals surface area contributed by atoms with Gasteiger partial charge in [0.25, 0.3) is 5.91 Å². The number of rotatable bonds is 5. The van der Waals surface area contributed by atoms with E-state index in [2.05, 4.69) is 27.9 Å². The van der Waals surface area contributed by atoms with Crippen LogP contribution in [0.25, 0.3) is 0 Å². The molecule has 1 N–H and O–H groups in total. The van der Waals surface area contributed by atoms with Gasteiger partial charge < -0.3 is 5.32 Å². The monoisotopic (exact) mass is 371 g/mol. The fourth-order valence-corrected chi connectivity index (χ4v) is 1.98. The van der Waals surface area contributed by atoms with Gasteiger partial charge >= 0.3 is 6.18 Å². The van der Waals surface area contributed by atoms with Crippen LogP contribution in [0.5, 0.6) is 0 Å². The lowest BCUT2D eigenvalue weighted by atomic mass is 10.1. The predicted molar refractivity (Wildman–Crippen MR) is 71.9 cm³/mol. The van der Waals surface area contributed by atoms with E-state index in [0.717, 1.165) is 23.3 Å². The number of unbranched alkanes of at least 4 members (excludes halogenated alkanes) is 1. The standard InChI is InChI=1S/C12H13F3INO/c13-12(14,15)10-6-2-1-5-9(10)11(18)17-8-4-3-7-16/h1-2,5-6H,3-4,7-8H2,(H,17,18). The number of nitrogens with one attached hydrogen (secondary N) is 1. The zero-order chi connectivity index (χ0) is 13.6. The second-order valence-electron chi connectivity index (χ2n) is 3.70. The number of halogens is 4. The smallest absolute Gasteiger partial charge is 0.352 e. The summed E-state index contributed by atoms with van der Waals surface area (Å²) in [7, 11) is 0. The molecule has 1 amide bonds. The topological polar surface area (TPSA) is 29.1 Å². The Morgan fingerprint density at radius 2 is 1.89 bits per heavy atom. The third-order valence-electron chi connectivity index (χ3n) is 2.32. The maximum absolute atomic E-state index is 12.7. The second-order valence-corrected chi connectivity index (χ2v) is 4.77. The predicted octanol–water partition coefficient (Wildman–Crippen LogP) is 3.65. The van der Waals surface area contributed by atoms with Crippen molar-refractivity contribution in [2.75, 3.05) is 11.0 Å². The summed E-state index contributed by atoms with van der Waals surface area (Å²) in [6.45, 7) is 0.397. The molecule has 0 saturated carbocycles. The molecule has 0 radical (unpaired) electrons. The molecule has 0 atom stereocenters. The van der Waals surface area contributed by atoms with Gasteiger partial charge in [0.15, 0.2) is 0 Å². The van der Waals surface area contributed by atoms with Gasteiger partial charge in [-0.2, -0.15) is 13.2 Å². The fourth-order valence-electron chi connectivity index (χ4n) is 1.44. The zero-order valence-corrected chi connectivity index (χ0v) is 11.7. The van der Waals surface area contributed by atoms with Crippen molar-refractivity contribution < 1.29 is 18.0 Å². The van der Waals surface area contributed by atoms with Gasteiger partial charge in [-0.3, -0.25) is 4.79 Å². The van der Waals surface area contributed by atoms with E-state index >= 15 is 0 Å². The summed E-state index contributed by atoms with van der Waals surface area (Å²) in [4.78, 5) is 11.7. The number of hydrogen-bond acceptors (Lipinski definition) is 1. The van der Waals surface area contributed by atoms with Crippen molar-refractivity contribution >= 4 is 28.5 Å². The molecule has 0 spiro atoms. The lowest BCUT2D eigenvalue weighted by Gasteiger charge is -2.12. The Balaban J connectivity index is 2.74. The Kier molecular flexibility index (Phi) is 5.90. The van der Waals surface area contributed by atoms with Crippen molar-refractivity contribution in [2.24, 2.45) is 0 Å². The highest BCUT2D eigenvalue weighted by molar-refractivity contribution is 14.1. The van der Waals surface area contributed by atoms with Crippen molar-refractivity contribution in [3.05, 3.63) is 35.4 Å². The number of carbonyl (C=O) groups is 1. The first-order chi connectivity index (χ1) is 8.46. The molecular formula is C12H13F3INO. The van der Waals surface area contributed by atoms with Gasteiger partial charge in [-0.25, -0.2) is 0 Å². The second kappa shape index (κ2) is 6.96. The first-order valence-corrected chi connectivity index (χ1v) is 6.99. The van der Waals surface area contributed by atoms with Crippen LogP contribution in [-0.4, -0.2) is 16.9 Å². The molecule has 0 heterocycles. The summed E-state index contributed by atoms with van der Waals surface area (Å²) in [5.74, 6) is -0.670. The average Bonchev–Trinajstić information content (AvgIpc) is 2.33. The van der Waals surface area contributed by atoms with Crippen LogP contribution >= 0.6 is 22.6 Å². The molecule has 18 heavy (non-hydrogen) atoms. The Morgan fingerprint density at radius 1 is 1.22 bits per heavy atom. The van der Waals surface area contributed by atoms with Gasteiger partial charge in [0.2, 0.25) is 0 Å². The van der Waals surface area contributed by atoms with E-state index in [-0.39, 0.29) is 5.56 Å². The van der Waals surface area contributed by atoms with E-state index in [1.807, 2.05) is 0 Å². The molecule has 0 aromatic heterocycles. The Morgan fingerprint density at radius 3 is 2.50 bits per heavy atom. The SMILES string of the molecule is O=C(NCCCCI)c1ccccc1C(F)(F)F. The summed E-state index contributed by atoms with van der Waals surface area (Å²) in [5.41, 5.74) is -1.21. The van der Waals surface area contributed by atoms with Crippen LogP contribution in [0.4, 0.5) is 13.2 Å². The van der Waals surface area contributed by atoms with E-state index in [0.29, 0.717) is 6.54 Å². The molecule has 0 aliphatic carbocycles. The number of benzene rings is 1. The molecule has 0 unspecified atom stereocenters. The van der Waals surface area contributed by atoms with Crippen molar-refractivity contribution in [3.8, 4) is 0 Å². The van der Waals surface area contributed by atoms with Crippen molar-refractivity contribution in [1.82, 2.24) is 5.32 Å². The lowest BCUT2D eigenvalue weighted by molar-refractivity contribution is -0.137. The summed E-state index contributed by atoms with van der Waals surface area (Å²) in [5, 5.41) is 2.50. The first-order valence-electron chi connectivity index (χ1n) is 5.47. The van der Waals surface area contributed by atoms with Gasteiger partial charge in [-0.05, 0) is 29.4 Å². The van der Waals surface area contributed by atoms with Crippen molar-refractivity contribution in [3.63, 3.8) is 0 Å². The normalized spacial score (nSPS) is 11.3. The van der Waals surface area contributed by atoms with Gasteiger partial charge in [-0.1, -0.05) is 34.7 Å². The average molecular weight is 371 g/mol. The van der Waals surface area contributed by atoms with Crippen LogP contribution in [0.2, 0.25) is 0 Å². The molecule has 100 valence electrons. The Bertz CT molecular complexity index is 407. The molecule has 0 bridgehead atoms. The third kappa shape index (κ3) is 4.47. The van der Waals surface area contributed by atoms with Crippen LogP contribution in [0.1, 0.15) is 28.8 Å². The van der Waals surface area contributed by atoms with E-state index in [9.17, 15) is 18.0 Å². The van der Waals surface area contributed by atoms with E-state index in [1.165, 1.54) is 18.2 Å². The molecule has 1 rings (SSSR count). The van der Waals surface area contributed by atoms with E-state index < -0.39 is 17.6 Å². The van der Waals surface area contributed by atoms with Crippen molar-refractivity contribution in [2.45, 2.75) is 19.0 Å². The maximum Gasteiger partial charge on any atom is 0.417 e. The molecule has 6 heteroatoms. The number of hydrogen-bond donors (Lipinski definition) is 1. The van der Waals surface area contributed by atoms with Crippen LogP contribution in [0, 0.1) is 0 Å². The molecule has 1 aromatic carbocycles. The Labute approximate surface area is 117 Å². The summed E-state index contributed by atoms with van der Waals surface area (Å²) >= 11 is 2.21. The molecular weight excluding hydrogens is 358 g/mol. The number of carbonyl (C=O) groups excluding carboxylic acids is 1. The molecule has 2 nitrogen and oxygen atoms in total. The minimum Gasteiger partial charge on any atom is -0.352 e. The number of amides is 1. The molecule has 0 saturated heterocycles. The van der Waals surface area contributed by atoms with Crippen LogP contribution < -0.4 is 5.32 Å². The highest BCUT2D eigenvalue weighted by Gasteiger charge is 2.34. The first kappa shape index (κ1) is 15.3. The van der Waals surface area contributed by atoms with Gasteiger partial charge in [0, 0.05) is 6.54 Å². The number of alkyl halides is 4. The molecule has 0 aliphatic heterocycles. The minimum atomic E-state index is -4.50. The lowest BCUT2D eigenvalue weighted by Crippen LogP contribution is -2.27. The molecule has 0 fully saturated rings. The Hall–Kier alpha value is -0.790. The molecule has 0 aliphatic rings. The fraction of sp³-hybridized carbons (Fsp3) is 0.417. The van der Waals surface area contributed by atoms with Crippen LogP contribution in [0.15, 0.2) is 24.3 Å². The zero-order valence-electron chi connectivity index (χ0n) is 9.56. The summed E-state index contributed by atoms with van der Waals surface area (Å²) in [6, 6.07) is 4.81. The maximum atomic E-state index is 12.7. The quantitative estimate of drug-likeness (QED) is 0.478. The van der Waals surface area contributed by atoms with E-state index in [1.54, 1.807) is 0 Å². The highest BCUT2D eigenvalue weighted by Crippen LogP contribution is 2.31.